The van der Waals surface area contributed by atoms with Crippen LogP contribution in [-0.2, 0) is 4.74 Å². The van der Waals surface area contributed by atoms with Crippen LogP contribution in [0.15, 0.2) is 24.3 Å². The first-order valence-electron chi connectivity index (χ1n) is 7.14. The number of nitrogens with one attached hydrogen (secondary N) is 1. The van der Waals surface area contributed by atoms with Crippen molar-refractivity contribution in [2.24, 2.45) is 0 Å². The molecular formula is C16H25NO2. The lowest BCUT2D eigenvalue weighted by Crippen LogP contribution is -2.42. The van der Waals surface area contributed by atoms with Crippen LogP contribution in [0, 0.1) is 0 Å². The first kappa shape index (κ1) is 14.4. The summed E-state index contributed by atoms with van der Waals surface area (Å²) in [5.41, 5.74) is 1.22. The molecule has 0 bridgehead atoms. The predicted octanol–water partition coefficient (Wildman–Crippen LogP) is 3.30. The topological polar surface area (TPSA) is 30.5 Å². The summed E-state index contributed by atoms with van der Waals surface area (Å²) in [5.74, 6) is 0.954. The van der Waals surface area contributed by atoms with Crippen LogP contribution in [0.4, 0.5) is 0 Å². The third-order valence-corrected chi connectivity index (χ3v) is 3.79. The van der Waals surface area contributed by atoms with E-state index < -0.39 is 0 Å². The maximum Gasteiger partial charge on any atom is 0.123 e. The summed E-state index contributed by atoms with van der Waals surface area (Å²) in [6.07, 6.45) is 2.82. The summed E-state index contributed by atoms with van der Waals surface area (Å²) >= 11 is 0. The molecule has 1 aromatic rings. The van der Waals surface area contributed by atoms with Crippen molar-refractivity contribution in [3.63, 3.8) is 0 Å². The minimum atomic E-state index is 0.290. The summed E-state index contributed by atoms with van der Waals surface area (Å²) < 4.78 is 11.2. The van der Waals surface area contributed by atoms with Gasteiger partial charge >= 0.3 is 0 Å². The predicted molar refractivity (Wildman–Crippen MR) is 77.6 cm³/mol. The quantitative estimate of drug-likeness (QED) is 0.904. The van der Waals surface area contributed by atoms with Crippen molar-refractivity contribution < 1.29 is 9.47 Å². The second kappa shape index (κ2) is 6.40. The van der Waals surface area contributed by atoms with Crippen LogP contribution in [0.3, 0.4) is 0 Å². The van der Waals surface area contributed by atoms with Crippen LogP contribution in [0.2, 0.25) is 0 Å². The van der Waals surface area contributed by atoms with E-state index in [1.807, 2.05) is 12.1 Å². The Morgan fingerprint density at radius 3 is 2.47 bits per heavy atom. The van der Waals surface area contributed by atoms with E-state index >= 15 is 0 Å². The SMILES string of the molecule is COc1ccccc1[C@H](C)NC1CC(C)OC(C)C1. The Kier molecular flexibility index (Phi) is 4.83. The zero-order chi connectivity index (χ0) is 13.8. The molecule has 0 spiro atoms. The van der Waals surface area contributed by atoms with Crippen LogP contribution in [0.1, 0.15) is 45.2 Å². The zero-order valence-electron chi connectivity index (χ0n) is 12.3. The lowest BCUT2D eigenvalue weighted by molar-refractivity contribution is -0.0433. The molecule has 2 unspecified atom stereocenters. The molecule has 1 fully saturated rings. The summed E-state index contributed by atoms with van der Waals surface area (Å²) in [7, 11) is 1.73. The van der Waals surface area contributed by atoms with Crippen LogP contribution in [0.5, 0.6) is 5.75 Å². The van der Waals surface area contributed by atoms with E-state index in [-0.39, 0.29) is 0 Å². The zero-order valence-corrected chi connectivity index (χ0v) is 12.3. The summed E-state index contributed by atoms with van der Waals surface area (Å²) in [6.45, 7) is 6.50. The van der Waals surface area contributed by atoms with E-state index in [1.54, 1.807) is 7.11 Å². The van der Waals surface area contributed by atoms with Gasteiger partial charge < -0.3 is 14.8 Å². The normalized spacial score (nSPS) is 28.9. The molecule has 3 nitrogen and oxygen atoms in total. The van der Waals surface area contributed by atoms with E-state index in [4.69, 9.17) is 9.47 Å². The fourth-order valence-electron chi connectivity index (χ4n) is 3.01. The third kappa shape index (κ3) is 3.71. The number of hydrogen-bond donors (Lipinski definition) is 1. The van der Waals surface area contributed by atoms with Crippen LogP contribution in [0.25, 0.3) is 0 Å². The van der Waals surface area contributed by atoms with Gasteiger partial charge in [0.1, 0.15) is 5.75 Å². The van der Waals surface area contributed by atoms with Gasteiger partial charge in [0.2, 0.25) is 0 Å². The van der Waals surface area contributed by atoms with Gasteiger partial charge in [-0.15, -0.1) is 0 Å². The molecule has 3 heteroatoms. The number of methoxy groups -OCH3 is 1. The molecule has 0 aromatic heterocycles. The van der Waals surface area contributed by atoms with Gasteiger partial charge in [-0.25, -0.2) is 0 Å². The number of para-hydroxylation sites is 1. The van der Waals surface area contributed by atoms with Crippen molar-refractivity contribution in [3.8, 4) is 5.75 Å². The van der Waals surface area contributed by atoms with E-state index in [0.29, 0.717) is 24.3 Å². The van der Waals surface area contributed by atoms with Crippen molar-refractivity contribution in [1.29, 1.82) is 0 Å². The Balaban J connectivity index is 2.02. The summed E-state index contributed by atoms with van der Waals surface area (Å²) in [6, 6.07) is 9.02. The molecule has 3 atom stereocenters. The molecular weight excluding hydrogens is 238 g/mol. The van der Waals surface area contributed by atoms with Gasteiger partial charge in [0, 0.05) is 17.6 Å². The second-order valence-electron chi connectivity index (χ2n) is 5.56. The highest BCUT2D eigenvalue weighted by molar-refractivity contribution is 5.35. The first-order chi connectivity index (χ1) is 9.10. The van der Waals surface area contributed by atoms with E-state index in [2.05, 4.69) is 38.2 Å². The Labute approximate surface area is 116 Å². The van der Waals surface area contributed by atoms with Crippen molar-refractivity contribution in [2.45, 2.75) is 57.9 Å². The molecule has 1 N–H and O–H groups in total. The number of rotatable bonds is 4. The second-order valence-corrected chi connectivity index (χ2v) is 5.56. The van der Waals surface area contributed by atoms with Gasteiger partial charge in [-0.05, 0) is 39.7 Å². The highest BCUT2D eigenvalue weighted by Gasteiger charge is 2.26. The molecule has 1 saturated heterocycles. The molecule has 1 aliphatic rings. The van der Waals surface area contributed by atoms with Crippen molar-refractivity contribution >= 4 is 0 Å². The largest absolute Gasteiger partial charge is 0.496 e. The van der Waals surface area contributed by atoms with Gasteiger partial charge in [0.05, 0.1) is 19.3 Å². The average molecular weight is 263 g/mol. The van der Waals surface area contributed by atoms with Gasteiger partial charge in [-0.1, -0.05) is 18.2 Å². The molecule has 0 aliphatic carbocycles. The Hall–Kier alpha value is -1.06. The third-order valence-electron chi connectivity index (χ3n) is 3.79. The highest BCUT2D eigenvalue weighted by atomic mass is 16.5. The van der Waals surface area contributed by atoms with Crippen LogP contribution >= 0.6 is 0 Å². The molecule has 19 heavy (non-hydrogen) atoms. The monoisotopic (exact) mass is 263 g/mol. The lowest BCUT2D eigenvalue weighted by Gasteiger charge is -2.34. The molecule has 0 radical (unpaired) electrons. The Morgan fingerprint density at radius 2 is 1.84 bits per heavy atom. The molecule has 1 aromatic carbocycles. The number of hydrogen-bond acceptors (Lipinski definition) is 3. The number of benzene rings is 1. The maximum absolute atomic E-state index is 5.78. The minimum Gasteiger partial charge on any atom is -0.496 e. The molecule has 0 saturated carbocycles. The van der Waals surface area contributed by atoms with Crippen LogP contribution < -0.4 is 10.1 Å². The molecule has 1 aliphatic heterocycles. The van der Waals surface area contributed by atoms with Crippen molar-refractivity contribution in [3.05, 3.63) is 29.8 Å². The van der Waals surface area contributed by atoms with Gasteiger partial charge in [0.25, 0.3) is 0 Å². The molecule has 2 rings (SSSR count). The molecule has 1 heterocycles. The fourth-order valence-corrected chi connectivity index (χ4v) is 3.01. The standard InChI is InChI=1S/C16H25NO2/c1-11-9-14(10-12(2)19-11)17-13(3)15-7-5-6-8-16(15)18-4/h5-8,11-14,17H,9-10H2,1-4H3/t11?,12?,13-,14?/m0/s1. The van der Waals surface area contributed by atoms with Gasteiger partial charge in [-0.2, -0.15) is 0 Å². The van der Waals surface area contributed by atoms with Crippen molar-refractivity contribution in [2.75, 3.05) is 7.11 Å². The van der Waals surface area contributed by atoms with E-state index in [1.165, 1.54) is 5.56 Å². The van der Waals surface area contributed by atoms with Crippen molar-refractivity contribution in [1.82, 2.24) is 5.32 Å². The average Bonchev–Trinajstić information content (AvgIpc) is 2.37. The lowest BCUT2D eigenvalue weighted by atomic mass is 9.97. The molecule has 106 valence electrons. The Morgan fingerprint density at radius 1 is 1.21 bits per heavy atom. The van der Waals surface area contributed by atoms with Crippen LogP contribution in [-0.4, -0.2) is 25.4 Å². The number of ether oxygens (including phenoxy) is 2. The first-order valence-corrected chi connectivity index (χ1v) is 7.14. The van der Waals surface area contributed by atoms with E-state index in [0.717, 1.165) is 18.6 Å². The van der Waals surface area contributed by atoms with E-state index in [9.17, 15) is 0 Å². The molecule has 0 amide bonds. The maximum atomic E-state index is 5.78. The summed E-state index contributed by atoms with van der Waals surface area (Å²) in [5, 5.41) is 3.71. The van der Waals surface area contributed by atoms with Gasteiger partial charge in [0.15, 0.2) is 0 Å². The van der Waals surface area contributed by atoms with Gasteiger partial charge in [-0.3, -0.25) is 0 Å². The minimum absolute atomic E-state index is 0.290. The smallest absolute Gasteiger partial charge is 0.123 e. The fraction of sp³-hybridized carbons (Fsp3) is 0.625. The summed E-state index contributed by atoms with van der Waals surface area (Å²) in [4.78, 5) is 0. The highest BCUT2D eigenvalue weighted by Crippen LogP contribution is 2.27. The Bertz CT molecular complexity index is 397.